The minimum Gasteiger partial charge on any atom is -0.478 e. The molecule has 0 aromatic heterocycles. The lowest BCUT2D eigenvalue weighted by atomic mass is 10.4. The molecule has 1 heterocycles. The molecule has 2 N–H and O–H groups in total. The monoisotopic (exact) mass is 143 g/mol. The number of nitrogens with one attached hydrogen (secondary N) is 1. The van der Waals surface area contributed by atoms with Crippen LogP contribution in [0.1, 0.15) is 12.8 Å². The van der Waals surface area contributed by atoms with Crippen molar-refractivity contribution in [3.63, 3.8) is 0 Å². The number of hydrogen-bond acceptors (Lipinski definition) is 2. The summed E-state index contributed by atoms with van der Waals surface area (Å²) < 4.78 is 0. The Bertz CT molecular complexity index is 101. The van der Waals surface area contributed by atoms with Gasteiger partial charge in [0.1, 0.15) is 0 Å². The molecule has 1 aliphatic rings. The molecule has 1 saturated heterocycles. The standard InChI is InChI=1S/C4H9N.C3H4O2/c1-2-4-5-3-1;1-2-3(4)5/h5H,1-4H2;2H,1H2,(H,4,5). The van der Waals surface area contributed by atoms with Crippen LogP contribution in [0.25, 0.3) is 0 Å². The van der Waals surface area contributed by atoms with Gasteiger partial charge in [-0.3, -0.25) is 0 Å². The summed E-state index contributed by atoms with van der Waals surface area (Å²) in [6.45, 7) is 5.46. The molecule has 0 radical (unpaired) electrons. The van der Waals surface area contributed by atoms with Crippen LogP contribution in [0.4, 0.5) is 0 Å². The lowest BCUT2D eigenvalue weighted by Crippen LogP contribution is -2.03. The van der Waals surface area contributed by atoms with Gasteiger partial charge < -0.3 is 10.4 Å². The number of carbonyl (C=O) groups is 1. The first-order valence-electron chi connectivity index (χ1n) is 3.33. The van der Waals surface area contributed by atoms with Crippen molar-refractivity contribution in [1.82, 2.24) is 5.32 Å². The first kappa shape index (κ1) is 9.17. The van der Waals surface area contributed by atoms with Gasteiger partial charge in [-0.05, 0) is 25.9 Å². The number of rotatable bonds is 1. The van der Waals surface area contributed by atoms with E-state index in [1.807, 2.05) is 0 Å². The fourth-order valence-electron chi connectivity index (χ4n) is 0.625. The van der Waals surface area contributed by atoms with Crippen LogP contribution in [0.3, 0.4) is 0 Å². The Balaban J connectivity index is 0.000000162. The van der Waals surface area contributed by atoms with Crippen LogP contribution in [-0.2, 0) is 4.79 Å². The van der Waals surface area contributed by atoms with Gasteiger partial charge in [0.2, 0.25) is 0 Å². The van der Waals surface area contributed by atoms with Gasteiger partial charge in [-0.15, -0.1) is 0 Å². The first-order valence-corrected chi connectivity index (χ1v) is 3.33. The molecule has 0 aliphatic carbocycles. The SMILES string of the molecule is C1CCNC1.C=CC(=O)O. The minimum atomic E-state index is -0.981. The molecule has 0 atom stereocenters. The molecule has 0 amide bonds. The summed E-state index contributed by atoms with van der Waals surface area (Å²) in [7, 11) is 0. The van der Waals surface area contributed by atoms with E-state index in [-0.39, 0.29) is 0 Å². The third-order valence-electron chi connectivity index (χ3n) is 1.13. The summed E-state index contributed by atoms with van der Waals surface area (Å²) in [5.41, 5.74) is 0. The van der Waals surface area contributed by atoms with Crippen molar-refractivity contribution in [3.05, 3.63) is 12.7 Å². The van der Waals surface area contributed by atoms with E-state index in [9.17, 15) is 4.79 Å². The Labute approximate surface area is 60.7 Å². The molecule has 1 rings (SSSR count). The zero-order chi connectivity index (χ0) is 7.82. The fourth-order valence-corrected chi connectivity index (χ4v) is 0.625. The summed E-state index contributed by atoms with van der Waals surface area (Å²) in [5, 5.41) is 10.8. The predicted octanol–water partition coefficient (Wildman–Crippen LogP) is 0.627. The Hall–Kier alpha value is -0.830. The van der Waals surface area contributed by atoms with Crippen LogP contribution in [0.2, 0.25) is 0 Å². The average Bonchev–Trinajstić information content (AvgIpc) is 2.43. The van der Waals surface area contributed by atoms with E-state index >= 15 is 0 Å². The highest BCUT2D eigenvalue weighted by Gasteiger charge is 1.93. The lowest BCUT2D eigenvalue weighted by molar-refractivity contribution is -0.131. The Kier molecular flexibility index (Phi) is 5.77. The van der Waals surface area contributed by atoms with E-state index in [1.54, 1.807) is 0 Å². The van der Waals surface area contributed by atoms with Crippen LogP contribution in [0.5, 0.6) is 0 Å². The molecule has 0 unspecified atom stereocenters. The summed E-state index contributed by atoms with van der Waals surface area (Å²) in [6, 6.07) is 0. The summed E-state index contributed by atoms with van der Waals surface area (Å²) in [5.74, 6) is -0.981. The minimum absolute atomic E-state index is 0.833. The maximum Gasteiger partial charge on any atom is 0.327 e. The van der Waals surface area contributed by atoms with Crippen molar-refractivity contribution < 1.29 is 9.90 Å². The molecule has 58 valence electrons. The molecule has 1 fully saturated rings. The second-order valence-electron chi connectivity index (χ2n) is 2.00. The van der Waals surface area contributed by atoms with Crippen molar-refractivity contribution in [1.29, 1.82) is 0 Å². The van der Waals surface area contributed by atoms with Crippen molar-refractivity contribution in [2.45, 2.75) is 12.8 Å². The van der Waals surface area contributed by atoms with Crippen LogP contribution in [0, 0.1) is 0 Å². The first-order chi connectivity index (χ1) is 4.77. The number of aliphatic carboxylic acids is 1. The van der Waals surface area contributed by atoms with Crippen LogP contribution < -0.4 is 5.32 Å². The van der Waals surface area contributed by atoms with Crippen LogP contribution in [0.15, 0.2) is 12.7 Å². The largest absolute Gasteiger partial charge is 0.478 e. The Morgan fingerprint density at radius 1 is 1.50 bits per heavy atom. The van der Waals surface area contributed by atoms with E-state index in [1.165, 1.54) is 25.9 Å². The molecule has 0 saturated carbocycles. The summed E-state index contributed by atoms with van der Waals surface area (Å²) in [4.78, 5) is 9.25. The van der Waals surface area contributed by atoms with Gasteiger partial charge in [0, 0.05) is 6.08 Å². The summed E-state index contributed by atoms with van der Waals surface area (Å²) in [6.07, 6.45) is 3.61. The highest BCUT2D eigenvalue weighted by Crippen LogP contribution is 1.90. The quantitative estimate of drug-likeness (QED) is 0.529. The second kappa shape index (κ2) is 6.29. The van der Waals surface area contributed by atoms with E-state index < -0.39 is 5.97 Å². The average molecular weight is 143 g/mol. The van der Waals surface area contributed by atoms with Gasteiger partial charge in [-0.1, -0.05) is 6.58 Å². The molecule has 0 aromatic rings. The maximum atomic E-state index is 9.25. The van der Waals surface area contributed by atoms with Gasteiger partial charge in [-0.2, -0.15) is 0 Å². The molecule has 0 aromatic carbocycles. The molecular formula is C7H13NO2. The Morgan fingerprint density at radius 3 is 2.00 bits per heavy atom. The zero-order valence-corrected chi connectivity index (χ0v) is 5.97. The molecule has 0 spiro atoms. The molecule has 10 heavy (non-hydrogen) atoms. The van der Waals surface area contributed by atoms with Crippen molar-refractivity contribution >= 4 is 5.97 Å². The van der Waals surface area contributed by atoms with Crippen molar-refractivity contribution in [2.24, 2.45) is 0 Å². The highest BCUT2D eigenvalue weighted by molar-refractivity contribution is 5.78. The van der Waals surface area contributed by atoms with Gasteiger partial charge in [0.25, 0.3) is 0 Å². The van der Waals surface area contributed by atoms with Crippen LogP contribution >= 0.6 is 0 Å². The van der Waals surface area contributed by atoms with E-state index in [0.717, 1.165) is 6.08 Å². The number of hydrogen-bond donors (Lipinski definition) is 2. The molecule has 3 nitrogen and oxygen atoms in total. The molecule has 3 heteroatoms. The van der Waals surface area contributed by atoms with Gasteiger partial charge in [0.15, 0.2) is 0 Å². The normalized spacial score (nSPS) is 15.2. The fraction of sp³-hybridized carbons (Fsp3) is 0.571. The van der Waals surface area contributed by atoms with Crippen molar-refractivity contribution in [3.8, 4) is 0 Å². The lowest BCUT2D eigenvalue weighted by Gasteiger charge is -1.76. The topological polar surface area (TPSA) is 49.3 Å². The predicted molar refractivity (Wildman–Crippen MR) is 39.9 cm³/mol. The smallest absolute Gasteiger partial charge is 0.327 e. The second-order valence-corrected chi connectivity index (χ2v) is 2.00. The van der Waals surface area contributed by atoms with Crippen molar-refractivity contribution in [2.75, 3.05) is 13.1 Å². The van der Waals surface area contributed by atoms with E-state index in [2.05, 4.69) is 11.9 Å². The number of carboxylic acid groups (broad SMARTS) is 1. The molecule has 0 bridgehead atoms. The van der Waals surface area contributed by atoms with Crippen LogP contribution in [-0.4, -0.2) is 24.2 Å². The molecule has 1 aliphatic heterocycles. The number of carboxylic acids is 1. The highest BCUT2D eigenvalue weighted by atomic mass is 16.4. The Morgan fingerprint density at radius 2 is 1.90 bits per heavy atom. The maximum absolute atomic E-state index is 9.25. The summed E-state index contributed by atoms with van der Waals surface area (Å²) >= 11 is 0. The van der Waals surface area contributed by atoms with E-state index in [4.69, 9.17) is 5.11 Å². The third-order valence-corrected chi connectivity index (χ3v) is 1.13. The zero-order valence-electron chi connectivity index (χ0n) is 5.97. The van der Waals surface area contributed by atoms with Gasteiger partial charge >= 0.3 is 5.97 Å². The van der Waals surface area contributed by atoms with E-state index in [0.29, 0.717) is 0 Å². The molecular weight excluding hydrogens is 130 g/mol. The van der Waals surface area contributed by atoms with Gasteiger partial charge in [0.05, 0.1) is 0 Å². The van der Waals surface area contributed by atoms with Gasteiger partial charge in [-0.25, -0.2) is 4.79 Å². The third kappa shape index (κ3) is 7.17.